The monoisotopic (exact) mass is 319 g/mol. The third kappa shape index (κ3) is 2.99. The van der Waals surface area contributed by atoms with E-state index in [2.05, 4.69) is 15.9 Å². The van der Waals surface area contributed by atoms with Crippen molar-refractivity contribution in [1.29, 1.82) is 0 Å². The van der Waals surface area contributed by atoms with Gasteiger partial charge in [0.05, 0.1) is 0 Å². The molecule has 1 aromatic rings. The molecule has 0 N–H and O–H groups in total. The molecule has 2 nitrogen and oxygen atoms in total. The van der Waals surface area contributed by atoms with Crippen molar-refractivity contribution < 1.29 is 9.18 Å². The number of rotatable bonds is 3. The summed E-state index contributed by atoms with van der Waals surface area (Å²) in [4.78, 5) is 13.4. The second-order valence-electron chi connectivity index (χ2n) is 4.23. The molecule has 1 unspecified atom stereocenters. The number of likely N-dealkylation sites (tertiary alicyclic amines) is 1. The molecule has 1 aliphatic heterocycles. The maximum Gasteiger partial charge on any atom is 0.223 e. The SMILES string of the molecule is O=C1CC(CBr)CN1Cc1cc(F)ccc1Cl. The molecule has 0 spiro atoms. The first kappa shape index (κ1) is 12.8. The molecule has 1 aliphatic rings. The summed E-state index contributed by atoms with van der Waals surface area (Å²) in [6, 6.07) is 4.23. The van der Waals surface area contributed by atoms with Crippen LogP contribution < -0.4 is 0 Å². The molecule has 1 amide bonds. The van der Waals surface area contributed by atoms with Gasteiger partial charge in [-0.2, -0.15) is 0 Å². The fourth-order valence-corrected chi connectivity index (χ4v) is 2.59. The molecule has 1 saturated heterocycles. The summed E-state index contributed by atoms with van der Waals surface area (Å²) in [5.74, 6) is 0.123. The number of halogens is 3. The highest BCUT2D eigenvalue weighted by Crippen LogP contribution is 2.24. The summed E-state index contributed by atoms with van der Waals surface area (Å²) in [5, 5.41) is 1.31. The first-order valence-electron chi connectivity index (χ1n) is 5.38. The molecule has 0 radical (unpaired) electrons. The van der Waals surface area contributed by atoms with Gasteiger partial charge in [-0.05, 0) is 29.7 Å². The van der Waals surface area contributed by atoms with E-state index in [1.54, 1.807) is 4.90 Å². The maximum absolute atomic E-state index is 13.1. The van der Waals surface area contributed by atoms with Crippen molar-refractivity contribution in [2.75, 3.05) is 11.9 Å². The summed E-state index contributed by atoms with van der Waals surface area (Å²) in [7, 11) is 0. The van der Waals surface area contributed by atoms with E-state index in [0.29, 0.717) is 36.0 Å². The molecule has 17 heavy (non-hydrogen) atoms. The van der Waals surface area contributed by atoms with Crippen molar-refractivity contribution in [3.8, 4) is 0 Å². The van der Waals surface area contributed by atoms with E-state index in [1.807, 2.05) is 0 Å². The zero-order valence-electron chi connectivity index (χ0n) is 9.13. The second-order valence-corrected chi connectivity index (χ2v) is 5.29. The minimum atomic E-state index is -0.326. The minimum Gasteiger partial charge on any atom is -0.338 e. The van der Waals surface area contributed by atoms with Gasteiger partial charge in [0.2, 0.25) is 5.91 Å². The van der Waals surface area contributed by atoms with Crippen LogP contribution in [0.5, 0.6) is 0 Å². The molecule has 92 valence electrons. The predicted octanol–water partition coefficient (Wildman–Crippen LogP) is 3.22. The van der Waals surface area contributed by atoms with Gasteiger partial charge < -0.3 is 4.90 Å². The van der Waals surface area contributed by atoms with E-state index >= 15 is 0 Å². The number of hydrogen-bond acceptors (Lipinski definition) is 1. The largest absolute Gasteiger partial charge is 0.338 e. The Bertz CT molecular complexity index is 441. The Morgan fingerprint density at radius 1 is 1.53 bits per heavy atom. The molecule has 0 aliphatic carbocycles. The molecular formula is C12H12BrClFNO. The van der Waals surface area contributed by atoms with Gasteiger partial charge in [-0.25, -0.2) is 4.39 Å². The summed E-state index contributed by atoms with van der Waals surface area (Å²) in [5.41, 5.74) is 0.662. The minimum absolute atomic E-state index is 0.106. The Balaban J connectivity index is 2.11. The predicted molar refractivity (Wildman–Crippen MR) is 68.7 cm³/mol. The fourth-order valence-electron chi connectivity index (χ4n) is 1.98. The van der Waals surface area contributed by atoms with Gasteiger partial charge in [0.15, 0.2) is 0 Å². The molecule has 0 saturated carbocycles. The Labute approximate surface area is 113 Å². The standard InChI is InChI=1S/C12H12BrClFNO/c13-5-8-3-12(17)16(6-8)7-9-4-10(15)1-2-11(9)14/h1-2,4,8H,3,5-7H2. The Morgan fingerprint density at radius 2 is 2.29 bits per heavy atom. The van der Waals surface area contributed by atoms with Crippen LogP contribution in [0, 0.1) is 11.7 Å². The lowest BCUT2D eigenvalue weighted by molar-refractivity contribution is -0.128. The van der Waals surface area contributed by atoms with Crippen LogP contribution in [0.15, 0.2) is 18.2 Å². The number of carbonyl (C=O) groups excluding carboxylic acids is 1. The van der Waals surface area contributed by atoms with Gasteiger partial charge >= 0.3 is 0 Å². The van der Waals surface area contributed by atoms with Crippen LogP contribution in [0.1, 0.15) is 12.0 Å². The van der Waals surface area contributed by atoms with E-state index in [-0.39, 0.29) is 11.7 Å². The van der Waals surface area contributed by atoms with Gasteiger partial charge in [0, 0.05) is 29.9 Å². The number of carbonyl (C=O) groups is 1. The van der Waals surface area contributed by atoms with Crippen LogP contribution in [0.4, 0.5) is 4.39 Å². The third-order valence-corrected chi connectivity index (χ3v) is 4.17. The highest BCUT2D eigenvalue weighted by atomic mass is 79.9. The third-order valence-electron chi connectivity index (χ3n) is 2.88. The lowest BCUT2D eigenvalue weighted by atomic mass is 10.2. The van der Waals surface area contributed by atoms with Crippen molar-refractivity contribution in [3.05, 3.63) is 34.6 Å². The Hall–Kier alpha value is -0.610. The quantitative estimate of drug-likeness (QED) is 0.783. The maximum atomic E-state index is 13.1. The number of benzene rings is 1. The van der Waals surface area contributed by atoms with Crippen molar-refractivity contribution in [2.24, 2.45) is 5.92 Å². The van der Waals surface area contributed by atoms with Gasteiger partial charge in [0.1, 0.15) is 5.82 Å². The molecule has 0 aromatic heterocycles. The summed E-state index contributed by atoms with van der Waals surface area (Å²) >= 11 is 9.36. The zero-order valence-corrected chi connectivity index (χ0v) is 11.5. The lowest BCUT2D eigenvalue weighted by Gasteiger charge is -2.17. The Morgan fingerprint density at radius 3 is 2.94 bits per heavy atom. The fraction of sp³-hybridized carbons (Fsp3) is 0.417. The lowest BCUT2D eigenvalue weighted by Crippen LogP contribution is -2.24. The van der Waals surface area contributed by atoms with Crippen molar-refractivity contribution in [1.82, 2.24) is 4.90 Å². The molecule has 1 aromatic carbocycles. The summed E-state index contributed by atoms with van der Waals surface area (Å²) in [6.45, 7) is 1.09. The van der Waals surface area contributed by atoms with Crippen molar-refractivity contribution in [2.45, 2.75) is 13.0 Å². The van der Waals surface area contributed by atoms with Crippen LogP contribution in [-0.4, -0.2) is 22.7 Å². The van der Waals surface area contributed by atoms with E-state index in [1.165, 1.54) is 18.2 Å². The van der Waals surface area contributed by atoms with Gasteiger partial charge in [-0.3, -0.25) is 4.79 Å². The van der Waals surface area contributed by atoms with Crippen molar-refractivity contribution in [3.63, 3.8) is 0 Å². The smallest absolute Gasteiger partial charge is 0.223 e. The molecule has 1 fully saturated rings. The first-order valence-corrected chi connectivity index (χ1v) is 6.87. The number of alkyl halides is 1. The molecule has 1 atom stereocenters. The highest BCUT2D eigenvalue weighted by Gasteiger charge is 2.28. The molecule has 1 heterocycles. The van der Waals surface area contributed by atoms with Gasteiger partial charge in [-0.15, -0.1) is 0 Å². The van der Waals surface area contributed by atoms with Crippen LogP contribution in [0.2, 0.25) is 5.02 Å². The normalized spacial score (nSPS) is 20.1. The van der Waals surface area contributed by atoms with Crippen LogP contribution in [0.3, 0.4) is 0 Å². The van der Waals surface area contributed by atoms with Crippen LogP contribution >= 0.6 is 27.5 Å². The van der Waals surface area contributed by atoms with E-state index in [9.17, 15) is 9.18 Å². The average Bonchev–Trinajstić information content (AvgIpc) is 2.65. The topological polar surface area (TPSA) is 20.3 Å². The summed E-state index contributed by atoms with van der Waals surface area (Å²) in [6.07, 6.45) is 0.554. The number of hydrogen-bond donors (Lipinski definition) is 0. The first-order chi connectivity index (χ1) is 8.10. The second kappa shape index (κ2) is 5.36. The van der Waals surface area contributed by atoms with Crippen molar-refractivity contribution >= 4 is 33.4 Å². The Kier molecular flexibility index (Phi) is 4.05. The molecule has 5 heteroatoms. The highest BCUT2D eigenvalue weighted by molar-refractivity contribution is 9.09. The number of nitrogens with zero attached hydrogens (tertiary/aromatic N) is 1. The number of amides is 1. The van der Waals surface area contributed by atoms with Crippen LogP contribution in [0.25, 0.3) is 0 Å². The van der Waals surface area contributed by atoms with Crippen LogP contribution in [-0.2, 0) is 11.3 Å². The van der Waals surface area contributed by atoms with Gasteiger partial charge in [0.25, 0.3) is 0 Å². The van der Waals surface area contributed by atoms with E-state index in [0.717, 1.165) is 5.33 Å². The summed E-state index contributed by atoms with van der Waals surface area (Å²) < 4.78 is 13.1. The van der Waals surface area contributed by atoms with Gasteiger partial charge in [-0.1, -0.05) is 27.5 Å². The molecule has 0 bridgehead atoms. The van der Waals surface area contributed by atoms with E-state index < -0.39 is 0 Å². The molecular weight excluding hydrogens is 308 g/mol. The average molecular weight is 321 g/mol. The molecule has 2 rings (SSSR count). The van der Waals surface area contributed by atoms with E-state index in [4.69, 9.17) is 11.6 Å². The zero-order chi connectivity index (χ0) is 12.4.